The molecule has 0 spiro atoms. The summed E-state index contributed by atoms with van der Waals surface area (Å²) in [6.45, 7) is 5.49. The Bertz CT molecular complexity index is 646. The number of rotatable bonds is 5. The summed E-state index contributed by atoms with van der Waals surface area (Å²) in [5.41, 5.74) is 4.34. The second-order valence-corrected chi connectivity index (χ2v) is 6.16. The number of hydrogen-bond donors (Lipinski definition) is 2. The lowest BCUT2D eigenvalue weighted by atomic mass is 10.0. The van der Waals surface area contributed by atoms with Crippen LogP contribution in [0.2, 0.25) is 0 Å². The van der Waals surface area contributed by atoms with Gasteiger partial charge in [0, 0.05) is 23.5 Å². The molecular weight excluding hydrogens is 272 g/mol. The fourth-order valence-electron chi connectivity index (χ4n) is 2.28. The summed E-state index contributed by atoms with van der Waals surface area (Å²) in [6.07, 6.45) is 0. The summed E-state index contributed by atoms with van der Waals surface area (Å²) in [6, 6.07) is 6.23. The van der Waals surface area contributed by atoms with E-state index in [4.69, 9.17) is 5.11 Å². The van der Waals surface area contributed by atoms with Crippen LogP contribution in [-0.4, -0.2) is 35.2 Å². The number of benzene rings is 1. The predicted octanol–water partition coefficient (Wildman–Crippen LogP) is 2.14. The molecule has 0 saturated carbocycles. The second-order valence-electron chi connectivity index (χ2n) is 5.09. The molecule has 2 aromatic rings. The minimum Gasteiger partial charge on any atom is -0.395 e. The molecule has 1 heterocycles. The fourth-order valence-corrected chi connectivity index (χ4v) is 3.20. The first-order valence-electron chi connectivity index (χ1n) is 6.60. The Balaban J connectivity index is 2.39. The molecular formula is C15H20N2O2S. The Kier molecular flexibility index (Phi) is 4.75. The molecule has 0 atom stereocenters. The lowest BCUT2D eigenvalue weighted by Crippen LogP contribution is -2.21. The average Bonchev–Trinajstić information content (AvgIpc) is 2.70. The van der Waals surface area contributed by atoms with Crippen molar-refractivity contribution in [1.29, 1.82) is 0 Å². The Labute approximate surface area is 122 Å². The Morgan fingerprint density at radius 1 is 1.35 bits per heavy atom. The van der Waals surface area contributed by atoms with Crippen LogP contribution < -0.4 is 4.87 Å². The van der Waals surface area contributed by atoms with Crippen LogP contribution in [0.5, 0.6) is 0 Å². The number of aliphatic hydroxyl groups excluding tert-OH is 1. The minimum absolute atomic E-state index is 0.0348. The van der Waals surface area contributed by atoms with Gasteiger partial charge in [-0.25, -0.2) is 0 Å². The summed E-state index contributed by atoms with van der Waals surface area (Å²) in [4.78, 5) is 17.6. The Morgan fingerprint density at radius 3 is 2.75 bits per heavy atom. The highest BCUT2D eigenvalue weighted by Gasteiger charge is 2.14. The Hall–Kier alpha value is -1.43. The minimum atomic E-state index is -0.0348. The standard InChI is InChI=1S/C15H20N2O2S/c1-10-4-5-12(11(2)8-10)14-13(20-15(19)16-14)9-17(3)6-7-18/h4-5,8,18H,6-7,9H2,1-3H3,(H,16,19). The number of nitrogens with zero attached hydrogens (tertiary/aromatic N) is 1. The monoisotopic (exact) mass is 292 g/mol. The van der Waals surface area contributed by atoms with Crippen LogP contribution in [0.1, 0.15) is 16.0 Å². The molecule has 0 unspecified atom stereocenters. The van der Waals surface area contributed by atoms with Crippen LogP contribution in [0.25, 0.3) is 11.3 Å². The molecule has 4 nitrogen and oxygen atoms in total. The van der Waals surface area contributed by atoms with Gasteiger partial charge in [0.25, 0.3) is 0 Å². The van der Waals surface area contributed by atoms with Crippen molar-refractivity contribution in [2.24, 2.45) is 0 Å². The van der Waals surface area contributed by atoms with E-state index in [-0.39, 0.29) is 11.5 Å². The van der Waals surface area contributed by atoms with Crippen molar-refractivity contribution in [3.05, 3.63) is 43.9 Å². The first-order valence-corrected chi connectivity index (χ1v) is 7.42. The van der Waals surface area contributed by atoms with Crippen molar-refractivity contribution in [1.82, 2.24) is 9.88 Å². The molecule has 0 fully saturated rings. The quantitative estimate of drug-likeness (QED) is 0.888. The number of aromatic nitrogens is 1. The smallest absolute Gasteiger partial charge is 0.305 e. The van der Waals surface area contributed by atoms with Crippen molar-refractivity contribution >= 4 is 11.3 Å². The molecule has 1 aromatic heterocycles. The first kappa shape index (κ1) is 15.0. The van der Waals surface area contributed by atoms with Crippen molar-refractivity contribution in [2.75, 3.05) is 20.2 Å². The highest BCUT2D eigenvalue weighted by atomic mass is 32.1. The van der Waals surface area contributed by atoms with Crippen molar-refractivity contribution in [3.8, 4) is 11.3 Å². The molecule has 108 valence electrons. The van der Waals surface area contributed by atoms with Gasteiger partial charge in [-0.15, -0.1) is 0 Å². The number of aromatic amines is 1. The average molecular weight is 292 g/mol. The lowest BCUT2D eigenvalue weighted by molar-refractivity contribution is 0.218. The van der Waals surface area contributed by atoms with E-state index in [0.717, 1.165) is 21.7 Å². The number of H-pyrrole nitrogens is 1. The normalized spacial score (nSPS) is 11.2. The van der Waals surface area contributed by atoms with E-state index < -0.39 is 0 Å². The zero-order chi connectivity index (χ0) is 14.7. The molecule has 0 aliphatic rings. The number of nitrogens with one attached hydrogen (secondary N) is 1. The van der Waals surface area contributed by atoms with Gasteiger partial charge in [0.1, 0.15) is 0 Å². The Morgan fingerprint density at radius 2 is 2.10 bits per heavy atom. The van der Waals surface area contributed by atoms with Crippen molar-refractivity contribution in [3.63, 3.8) is 0 Å². The summed E-state index contributed by atoms with van der Waals surface area (Å²) >= 11 is 1.24. The van der Waals surface area contributed by atoms with Gasteiger partial charge in [-0.3, -0.25) is 9.69 Å². The summed E-state index contributed by atoms with van der Waals surface area (Å²) in [5, 5.41) is 8.97. The van der Waals surface area contributed by atoms with E-state index >= 15 is 0 Å². The zero-order valence-corrected chi connectivity index (χ0v) is 12.9. The third-order valence-electron chi connectivity index (χ3n) is 3.27. The van der Waals surface area contributed by atoms with Gasteiger partial charge in [-0.1, -0.05) is 35.1 Å². The van der Waals surface area contributed by atoms with Crippen molar-refractivity contribution in [2.45, 2.75) is 20.4 Å². The number of hydrogen-bond acceptors (Lipinski definition) is 4. The lowest BCUT2D eigenvalue weighted by Gasteiger charge is -2.15. The maximum atomic E-state index is 11.7. The SMILES string of the molecule is Cc1ccc(-c2[nH]c(=O)sc2CN(C)CCO)c(C)c1. The third kappa shape index (κ3) is 3.36. The van der Waals surface area contributed by atoms with E-state index in [0.29, 0.717) is 13.1 Å². The maximum absolute atomic E-state index is 11.7. The number of aryl methyl sites for hydroxylation is 2. The molecule has 0 saturated heterocycles. The van der Waals surface area contributed by atoms with E-state index in [2.05, 4.69) is 37.0 Å². The fraction of sp³-hybridized carbons (Fsp3) is 0.400. The van der Waals surface area contributed by atoms with E-state index in [1.165, 1.54) is 16.9 Å². The molecule has 0 aliphatic heterocycles. The molecule has 2 N–H and O–H groups in total. The van der Waals surface area contributed by atoms with Crippen LogP contribution in [0.15, 0.2) is 23.0 Å². The van der Waals surface area contributed by atoms with Gasteiger partial charge in [0.05, 0.1) is 12.3 Å². The van der Waals surface area contributed by atoms with Gasteiger partial charge in [-0.2, -0.15) is 0 Å². The van der Waals surface area contributed by atoms with E-state index in [1.807, 2.05) is 11.9 Å². The summed E-state index contributed by atoms with van der Waals surface area (Å²) in [5.74, 6) is 0. The highest BCUT2D eigenvalue weighted by molar-refractivity contribution is 7.09. The second kappa shape index (κ2) is 6.35. The number of thiazole rings is 1. The van der Waals surface area contributed by atoms with Gasteiger partial charge in [0.15, 0.2) is 0 Å². The largest absolute Gasteiger partial charge is 0.395 e. The molecule has 20 heavy (non-hydrogen) atoms. The molecule has 1 aromatic carbocycles. The van der Waals surface area contributed by atoms with Crippen LogP contribution >= 0.6 is 11.3 Å². The van der Waals surface area contributed by atoms with E-state index in [1.54, 1.807) is 0 Å². The molecule has 2 rings (SSSR count). The van der Waals surface area contributed by atoms with Crippen LogP contribution in [0.3, 0.4) is 0 Å². The first-order chi connectivity index (χ1) is 9.51. The summed E-state index contributed by atoms with van der Waals surface area (Å²) in [7, 11) is 1.94. The molecule has 0 bridgehead atoms. The molecule has 0 amide bonds. The van der Waals surface area contributed by atoms with Crippen LogP contribution in [0.4, 0.5) is 0 Å². The summed E-state index contributed by atoms with van der Waals surface area (Å²) < 4.78 is 0. The van der Waals surface area contributed by atoms with Gasteiger partial charge < -0.3 is 10.1 Å². The van der Waals surface area contributed by atoms with Crippen LogP contribution in [-0.2, 0) is 6.54 Å². The molecule has 0 aliphatic carbocycles. The predicted molar refractivity (Wildman–Crippen MR) is 83.3 cm³/mol. The van der Waals surface area contributed by atoms with Gasteiger partial charge in [0.2, 0.25) is 0 Å². The number of aliphatic hydroxyl groups is 1. The topological polar surface area (TPSA) is 56.3 Å². The van der Waals surface area contributed by atoms with Gasteiger partial charge >= 0.3 is 4.87 Å². The van der Waals surface area contributed by atoms with Crippen LogP contribution in [0, 0.1) is 13.8 Å². The maximum Gasteiger partial charge on any atom is 0.305 e. The van der Waals surface area contributed by atoms with E-state index in [9.17, 15) is 4.79 Å². The molecule has 0 radical (unpaired) electrons. The molecule has 5 heteroatoms. The van der Waals surface area contributed by atoms with Gasteiger partial charge in [-0.05, 0) is 26.5 Å². The zero-order valence-electron chi connectivity index (χ0n) is 12.1. The highest BCUT2D eigenvalue weighted by Crippen LogP contribution is 2.27. The number of likely N-dealkylation sites (N-methyl/N-ethyl adjacent to an activating group) is 1. The third-order valence-corrected chi connectivity index (χ3v) is 4.14. The van der Waals surface area contributed by atoms with Crippen molar-refractivity contribution < 1.29 is 5.11 Å².